The van der Waals surface area contributed by atoms with Crippen LogP contribution in [-0.2, 0) is 14.3 Å². The molecular weight excluding hydrogens is 446 g/mol. The second kappa shape index (κ2) is 13.4. The molecule has 1 fully saturated rings. The molecule has 3 amide bonds. The van der Waals surface area contributed by atoms with Gasteiger partial charge in [-0.3, -0.25) is 9.59 Å². The van der Waals surface area contributed by atoms with Crippen molar-refractivity contribution >= 4 is 17.9 Å². The number of ether oxygens (including phenoxy) is 1. The number of rotatable bonds is 10. The Kier molecular flexibility index (Phi) is 10.9. The van der Waals surface area contributed by atoms with E-state index in [4.69, 9.17) is 4.74 Å². The number of hydrogen-bond acceptors (Lipinski definition) is 5. The predicted octanol–water partition coefficient (Wildman–Crippen LogP) is 4.81. The fraction of sp³-hybridized carbons (Fsp3) is 0.667. The maximum absolute atomic E-state index is 13.6. The van der Waals surface area contributed by atoms with Gasteiger partial charge in [0, 0.05) is 12.6 Å². The molecule has 1 saturated carbocycles. The van der Waals surface area contributed by atoms with Crippen LogP contribution in [0.2, 0.25) is 0 Å². The van der Waals surface area contributed by atoms with E-state index in [1.54, 1.807) is 44.7 Å². The molecule has 2 unspecified atom stereocenters. The third-order valence-electron chi connectivity index (χ3n) is 6.11. The van der Waals surface area contributed by atoms with Crippen LogP contribution in [0.15, 0.2) is 24.3 Å². The van der Waals surface area contributed by atoms with E-state index >= 15 is 0 Å². The van der Waals surface area contributed by atoms with Crippen LogP contribution < -0.4 is 10.6 Å². The van der Waals surface area contributed by atoms with Crippen molar-refractivity contribution in [2.24, 2.45) is 0 Å². The molecular formula is C27H43N3O5. The van der Waals surface area contributed by atoms with Crippen molar-refractivity contribution in [2.45, 2.75) is 110 Å². The zero-order chi connectivity index (χ0) is 26.0. The van der Waals surface area contributed by atoms with Crippen LogP contribution in [0.4, 0.5) is 4.79 Å². The second-order valence-corrected chi connectivity index (χ2v) is 10.4. The van der Waals surface area contributed by atoms with Crippen molar-refractivity contribution in [3.05, 3.63) is 29.8 Å². The number of nitrogens with zero attached hydrogens (tertiary/aromatic N) is 1. The molecule has 1 aromatic rings. The van der Waals surface area contributed by atoms with Crippen molar-refractivity contribution in [3.63, 3.8) is 0 Å². The minimum atomic E-state index is -0.881. The number of unbranched alkanes of at least 4 members (excludes halogenated alkanes) is 2. The van der Waals surface area contributed by atoms with Gasteiger partial charge in [0.25, 0.3) is 0 Å². The van der Waals surface area contributed by atoms with E-state index in [9.17, 15) is 19.5 Å². The molecule has 2 rings (SSSR count). The zero-order valence-corrected chi connectivity index (χ0v) is 21.9. The van der Waals surface area contributed by atoms with Crippen LogP contribution in [-0.4, -0.2) is 52.1 Å². The molecule has 8 heteroatoms. The molecule has 0 saturated heterocycles. The first-order chi connectivity index (χ1) is 16.5. The molecule has 0 bridgehead atoms. The molecule has 3 N–H and O–H groups in total. The number of hydrogen-bond donors (Lipinski definition) is 3. The maximum Gasteiger partial charge on any atom is 0.408 e. The first-order valence-electron chi connectivity index (χ1n) is 12.9. The normalized spacial score (nSPS) is 16.1. The van der Waals surface area contributed by atoms with Gasteiger partial charge in [-0.2, -0.15) is 0 Å². The SMILES string of the molecule is CCCCCN(C(=O)C(C)NC(=O)OC(C)(C)C)C(C(=O)NC1CCCCC1)c1ccc(O)cc1. The Morgan fingerprint density at radius 1 is 1.09 bits per heavy atom. The molecule has 1 aliphatic carbocycles. The number of carbonyl (C=O) groups is 3. The molecule has 0 heterocycles. The number of alkyl carbamates (subject to hydrolysis) is 1. The zero-order valence-electron chi connectivity index (χ0n) is 21.9. The van der Waals surface area contributed by atoms with E-state index < -0.39 is 23.8 Å². The first-order valence-corrected chi connectivity index (χ1v) is 12.9. The Morgan fingerprint density at radius 2 is 1.71 bits per heavy atom. The van der Waals surface area contributed by atoms with Crippen molar-refractivity contribution in [1.29, 1.82) is 0 Å². The van der Waals surface area contributed by atoms with Gasteiger partial charge in [-0.05, 0) is 64.7 Å². The third-order valence-corrected chi connectivity index (χ3v) is 6.11. The fourth-order valence-electron chi connectivity index (χ4n) is 4.35. The summed E-state index contributed by atoms with van der Waals surface area (Å²) in [6.45, 7) is 9.32. The number of phenolic OH excluding ortho intramolecular Hbond substituents is 1. The molecule has 8 nitrogen and oxygen atoms in total. The van der Waals surface area contributed by atoms with Crippen molar-refractivity contribution in [1.82, 2.24) is 15.5 Å². The molecule has 0 aromatic heterocycles. The topological polar surface area (TPSA) is 108 Å². The fourth-order valence-corrected chi connectivity index (χ4v) is 4.35. The number of benzene rings is 1. The molecule has 35 heavy (non-hydrogen) atoms. The monoisotopic (exact) mass is 489 g/mol. The van der Waals surface area contributed by atoms with Crippen LogP contribution in [0.1, 0.15) is 97.6 Å². The van der Waals surface area contributed by atoms with E-state index in [1.807, 2.05) is 0 Å². The van der Waals surface area contributed by atoms with Gasteiger partial charge in [0.15, 0.2) is 0 Å². The quantitative estimate of drug-likeness (QED) is 0.409. The van der Waals surface area contributed by atoms with Crippen LogP contribution in [0.3, 0.4) is 0 Å². The Hall–Kier alpha value is -2.77. The lowest BCUT2D eigenvalue weighted by Crippen LogP contribution is -2.53. The van der Waals surface area contributed by atoms with Gasteiger partial charge >= 0.3 is 6.09 Å². The number of aromatic hydroxyl groups is 1. The van der Waals surface area contributed by atoms with E-state index in [2.05, 4.69) is 17.6 Å². The lowest BCUT2D eigenvalue weighted by molar-refractivity contribution is -0.142. The summed E-state index contributed by atoms with van der Waals surface area (Å²) in [5.41, 5.74) is -0.0762. The highest BCUT2D eigenvalue weighted by atomic mass is 16.6. The van der Waals surface area contributed by atoms with Crippen molar-refractivity contribution in [2.75, 3.05) is 6.54 Å². The highest BCUT2D eigenvalue weighted by molar-refractivity contribution is 5.92. The van der Waals surface area contributed by atoms with Crippen LogP contribution >= 0.6 is 0 Å². The van der Waals surface area contributed by atoms with Crippen LogP contribution in [0, 0.1) is 0 Å². The summed E-state index contributed by atoms with van der Waals surface area (Å²) >= 11 is 0. The Balaban J connectivity index is 2.32. The largest absolute Gasteiger partial charge is 0.508 e. The lowest BCUT2D eigenvalue weighted by atomic mass is 9.94. The van der Waals surface area contributed by atoms with Crippen molar-refractivity contribution in [3.8, 4) is 5.75 Å². The summed E-state index contributed by atoms with van der Waals surface area (Å²) < 4.78 is 5.32. The Labute approximate surface area is 209 Å². The molecule has 0 aliphatic heterocycles. The summed E-state index contributed by atoms with van der Waals surface area (Å²) in [4.78, 5) is 41.1. The Bertz CT molecular complexity index is 828. The number of nitrogens with one attached hydrogen (secondary N) is 2. The number of phenols is 1. The van der Waals surface area contributed by atoms with Gasteiger partial charge in [-0.25, -0.2) is 4.79 Å². The summed E-state index contributed by atoms with van der Waals surface area (Å²) in [5.74, 6) is -0.509. The third kappa shape index (κ3) is 9.42. The standard InChI is InChI=1S/C27H43N3O5/c1-6-7-11-18-30(25(33)19(2)28-26(34)35-27(3,4)5)23(20-14-16-22(31)17-15-20)24(32)29-21-12-9-8-10-13-21/h14-17,19,21,23,31H,6-13,18H2,1-5H3,(H,28,34)(H,29,32). The smallest absolute Gasteiger partial charge is 0.408 e. The van der Waals surface area contributed by atoms with E-state index in [-0.39, 0.29) is 23.6 Å². The first kappa shape index (κ1) is 28.5. The minimum absolute atomic E-state index is 0.0840. The summed E-state index contributed by atoms with van der Waals surface area (Å²) in [6.07, 6.45) is 7.09. The molecule has 196 valence electrons. The minimum Gasteiger partial charge on any atom is -0.508 e. The summed E-state index contributed by atoms with van der Waals surface area (Å²) in [5, 5.41) is 15.6. The average Bonchev–Trinajstić information content (AvgIpc) is 2.78. The van der Waals surface area contributed by atoms with E-state index in [0.717, 1.165) is 44.9 Å². The molecule has 1 aliphatic rings. The number of carbonyl (C=O) groups excluding carboxylic acids is 3. The Morgan fingerprint density at radius 3 is 2.29 bits per heavy atom. The van der Waals surface area contributed by atoms with Gasteiger partial charge in [0.05, 0.1) is 0 Å². The second-order valence-electron chi connectivity index (χ2n) is 10.4. The van der Waals surface area contributed by atoms with E-state index in [0.29, 0.717) is 12.1 Å². The predicted molar refractivity (Wildman–Crippen MR) is 136 cm³/mol. The highest BCUT2D eigenvalue weighted by Crippen LogP contribution is 2.26. The highest BCUT2D eigenvalue weighted by Gasteiger charge is 2.35. The van der Waals surface area contributed by atoms with Gasteiger partial charge in [0.1, 0.15) is 23.4 Å². The molecule has 2 atom stereocenters. The van der Waals surface area contributed by atoms with Gasteiger partial charge in [-0.15, -0.1) is 0 Å². The van der Waals surface area contributed by atoms with E-state index in [1.165, 1.54) is 18.6 Å². The van der Waals surface area contributed by atoms with Gasteiger partial charge in [0.2, 0.25) is 11.8 Å². The summed E-state index contributed by atoms with van der Waals surface area (Å²) in [6, 6.07) is 4.72. The molecule has 0 radical (unpaired) electrons. The van der Waals surface area contributed by atoms with Crippen LogP contribution in [0.5, 0.6) is 5.75 Å². The van der Waals surface area contributed by atoms with Crippen LogP contribution in [0.25, 0.3) is 0 Å². The molecule has 1 aromatic carbocycles. The lowest BCUT2D eigenvalue weighted by Gasteiger charge is -2.35. The van der Waals surface area contributed by atoms with Crippen molar-refractivity contribution < 1.29 is 24.2 Å². The van der Waals surface area contributed by atoms with Gasteiger partial charge < -0.3 is 25.4 Å². The average molecular weight is 490 g/mol. The van der Waals surface area contributed by atoms with Gasteiger partial charge in [-0.1, -0.05) is 51.2 Å². The maximum atomic E-state index is 13.6. The molecule has 0 spiro atoms. The summed E-state index contributed by atoms with van der Waals surface area (Å²) in [7, 11) is 0. The number of amides is 3.